The summed E-state index contributed by atoms with van der Waals surface area (Å²) in [5.74, 6) is 0.642. The highest BCUT2D eigenvalue weighted by Crippen LogP contribution is 2.32. The number of rotatable bonds is 2. The SMILES string of the molecule is CC(C)(C)N1C[C@@H](c2ncc(-c3ccccc3F)[nH]2)CC1=O. The van der Waals surface area contributed by atoms with Crippen LogP contribution in [0.25, 0.3) is 11.3 Å². The van der Waals surface area contributed by atoms with Crippen LogP contribution in [0.5, 0.6) is 0 Å². The molecule has 1 saturated heterocycles. The average molecular weight is 301 g/mol. The number of imidazole rings is 1. The maximum absolute atomic E-state index is 13.8. The lowest BCUT2D eigenvalue weighted by atomic mass is 10.1. The second-order valence-corrected chi connectivity index (χ2v) is 6.74. The molecule has 1 aliphatic rings. The molecule has 1 fully saturated rings. The van der Waals surface area contributed by atoms with Gasteiger partial charge in [-0.3, -0.25) is 4.79 Å². The van der Waals surface area contributed by atoms with Gasteiger partial charge in [-0.25, -0.2) is 9.37 Å². The first-order valence-electron chi connectivity index (χ1n) is 7.46. The van der Waals surface area contributed by atoms with E-state index in [9.17, 15) is 9.18 Å². The summed E-state index contributed by atoms with van der Waals surface area (Å²) in [6.45, 7) is 6.73. The Morgan fingerprint density at radius 2 is 2.05 bits per heavy atom. The van der Waals surface area contributed by atoms with E-state index in [0.717, 1.165) is 5.82 Å². The summed E-state index contributed by atoms with van der Waals surface area (Å²) >= 11 is 0. The zero-order chi connectivity index (χ0) is 15.9. The first-order chi connectivity index (χ1) is 10.4. The van der Waals surface area contributed by atoms with Gasteiger partial charge >= 0.3 is 0 Å². The number of aromatic amines is 1. The normalized spacial score (nSPS) is 19.0. The molecule has 1 amide bonds. The van der Waals surface area contributed by atoms with Gasteiger partial charge < -0.3 is 9.88 Å². The third-order valence-corrected chi connectivity index (χ3v) is 4.08. The third-order valence-electron chi connectivity index (χ3n) is 4.08. The van der Waals surface area contributed by atoms with Gasteiger partial charge in [0.25, 0.3) is 0 Å². The Balaban J connectivity index is 1.84. The van der Waals surface area contributed by atoms with Crippen LogP contribution in [0, 0.1) is 5.82 Å². The van der Waals surface area contributed by atoms with E-state index < -0.39 is 0 Å². The standard InChI is InChI=1S/C17H20FN3O/c1-17(2,3)21-10-11(8-15(21)22)16-19-9-14(20-16)12-6-4-5-7-13(12)18/h4-7,9,11H,8,10H2,1-3H3,(H,19,20)/t11-/m0/s1. The minimum Gasteiger partial charge on any atom is -0.342 e. The van der Waals surface area contributed by atoms with Crippen molar-refractivity contribution < 1.29 is 9.18 Å². The number of benzene rings is 1. The van der Waals surface area contributed by atoms with Crippen molar-refractivity contribution in [2.75, 3.05) is 6.54 Å². The van der Waals surface area contributed by atoms with Gasteiger partial charge in [0.2, 0.25) is 5.91 Å². The van der Waals surface area contributed by atoms with Crippen molar-refractivity contribution in [1.29, 1.82) is 0 Å². The summed E-state index contributed by atoms with van der Waals surface area (Å²) in [4.78, 5) is 21.6. The molecule has 2 aromatic rings. The fraction of sp³-hybridized carbons (Fsp3) is 0.412. The lowest BCUT2D eigenvalue weighted by molar-refractivity contribution is -0.131. The molecule has 116 valence electrons. The Labute approximate surface area is 129 Å². The quantitative estimate of drug-likeness (QED) is 0.925. The zero-order valence-electron chi connectivity index (χ0n) is 13.1. The van der Waals surface area contributed by atoms with E-state index in [1.807, 2.05) is 25.7 Å². The molecule has 22 heavy (non-hydrogen) atoms. The van der Waals surface area contributed by atoms with Gasteiger partial charge in [-0.05, 0) is 32.9 Å². The predicted octanol–water partition coefficient (Wildman–Crippen LogP) is 3.33. The highest BCUT2D eigenvalue weighted by Gasteiger charge is 2.38. The molecular weight excluding hydrogens is 281 g/mol. The molecule has 1 aromatic carbocycles. The Kier molecular flexibility index (Phi) is 3.51. The Hall–Kier alpha value is -2.17. The molecule has 0 radical (unpaired) electrons. The van der Waals surface area contributed by atoms with Gasteiger partial charge in [0, 0.05) is 30.0 Å². The van der Waals surface area contributed by atoms with Crippen LogP contribution >= 0.6 is 0 Å². The summed E-state index contributed by atoms with van der Waals surface area (Å²) in [5.41, 5.74) is 0.959. The fourth-order valence-corrected chi connectivity index (χ4v) is 2.90. The van der Waals surface area contributed by atoms with Crippen molar-refractivity contribution in [2.24, 2.45) is 0 Å². The highest BCUT2D eigenvalue weighted by atomic mass is 19.1. The van der Waals surface area contributed by atoms with E-state index in [4.69, 9.17) is 0 Å². The van der Waals surface area contributed by atoms with Crippen LogP contribution in [0.15, 0.2) is 30.5 Å². The van der Waals surface area contributed by atoms with Gasteiger partial charge in [0.1, 0.15) is 11.6 Å². The van der Waals surface area contributed by atoms with Gasteiger partial charge in [0.05, 0.1) is 11.9 Å². The van der Waals surface area contributed by atoms with E-state index in [2.05, 4.69) is 9.97 Å². The van der Waals surface area contributed by atoms with Crippen LogP contribution in [0.3, 0.4) is 0 Å². The predicted molar refractivity (Wildman–Crippen MR) is 82.8 cm³/mol. The molecule has 1 aromatic heterocycles. The average Bonchev–Trinajstić information content (AvgIpc) is 3.05. The number of hydrogen-bond acceptors (Lipinski definition) is 2. The largest absolute Gasteiger partial charge is 0.342 e. The number of likely N-dealkylation sites (tertiary alicyclic amines) is 1. The number of halogens is 1. The smallest absolute Gasteiger partial charge is 0.223 e. The molecule has 2 heterocycles. The van der Waals surface area contributed by atoms with Crippen LogP contribution < -0.4 is 0 Å². The van der Waals surface area contributed by atoms with E-state index >= 15 is 0 Å². The molecule has 5 heteroatoms. The number of carbonyl (C=O) groups is 1. The topological polar surface area (TPSA) is 49.0 Å². The molecule has 0 spiro atoms. The molecular formula is C17H20FN3O. The number of H-pyrrole nitrogens is 1. The number of carbonyl (C=O) groups excluding carboxylic acids is 1. The van der Waals surface area contributed by atoms with Crippen LogP contribution in [0.2, 0.25) is 0 Å². The van der Waals surface area contributed by atoms with Crippen LogP contribution in [0.4, 0.5) is 4.39 Å². The first kappa shape index (κ1) is 14.8. The lowest BCUT2D eigenvalue weighted by Crippen LogP contribution is -2.42. The van der Waals surface area contributed by atoms with Gasteiger partial charge in [-0.1, -0.05) is 12.1 Å². The van der Waals surface area contributed by atoms with Crippen molar-refractivity contribution in [1.82, 2.24) is 14.9 Å². The monoisotopic (exact) mass is 301 g/mol. The van der Waals surface area contributed by atoms with Gasteiger partial charge in [-0.2, -0.15) is 0 Å². The Morgan fingerprint density at radius 3 is 2.68 bits per heavy atom. The Bertz CT molecular complexity index is 702. The van der Waals surface area contributed by atoms with Gasteiger partial charge in [-0.15, -0.1) is 0 Å². The minimum atomic E-state index is -0.281. The van der Waals surface area contributed by atoms with Crippen molar-refractivity contribution in [3.63, 3.8) is 0 Å². The zero-order valence-corrected chi connectivity index (χ0v) is 13.1. The van der Waals surface area contributed by atoms with Crippen molar-refractivity contribution in [2.45, 2.75) is 38.6 Å². The summed E-state index contributed by atoms with van der Waals surface area (Å²) in [5, 5.41) is 0. The highest BCUT2D eigenvalue weighted by molar-refractivity contribution is 5.80. The second-order valence-electron chi connectivity index (χ2n) is 6.74. The lowest BCUT2D eigenvalue weighted by Gasteiger charge is -2.31. The molecule has 1 N–H and O–H groups in total. The van der Waals surface area contributed by atoms with Crippen molar-refractivity contribution in [3.8, 4) is 11.3 Å². The van der Waals surface area contributed by atoms with E-state index in [1.165, 1.54) is 6.07 Å². The first-order valence-corrected chi connectivity index (χ1v) is 7.46. The maximum Gasteiger partial charge on any atom is 0.223 e. The number of nitrogens with one attached hydrogen (secondary N) is 1. The number of amides is 1. The number of hydrogen-bond donors (Lipinski definition) is 1. The number of nitrogens with zero attached hydrogens (tertiary/aromatic N) is 2. The Morgan fingerprint density at radius 1 is 1.32 bits per heavy atom. The number of aromatic nitrogens is 2. The molecule has 4 nitrogen and oxygen atoms in total. The molecule has 1 aliphatic heterocycles. The molecule has 0 bridgehead atoms. The van der Waals surface area contributed by atoms with Crippen molar-refractivity contribution >= 4 is 5.91 Å². The molecule has 0 saturated carbocycles. The van der Waals surface area contributed by atoms with Crippen LogP contribution in [-0.2, 0) is 4.79 Å². The third kappa shape index (κ3) is 2.63. The maximum atomic E-state index is 13.8. The van der Waals surface area contributed by atoms with Crippen LogP contribution in [-0.4, -0.2) is 32.9 Å². The fourth-order valence-electron chi connectivity index (χ4n) is 2.90. The minimum absolute atomic E-state index is 0.0345. The molecule has 1 atom stereocenters. The summed E-state index contributed by atoms with van der Waals surface area (Å²) in [6, 6.07) is 6.59. The van der Waals surface area contributed by atoms with Crippen LogP contribution in [0.1, 0.15) is 38.9 Å². The van der Waals surface area contributed by atoms with E-state index in [1.54, 1.807) is 24.4 Å². The summed E-state index contributed by atoms with van der Waals surface area (Å²) in [7, 11) is 0. The second kappa shape index (κ2) is 5.23. The van der Waals surface area contributed by atoms with Crippen molar-refractivity contribution in [3.05, 3.63) is 42.1 Å². The summed E-state index contributed by atoms with van der Waals surface area (Å²) in [6.07, 6.45) is 2.08. The molecule has 0 aliphatic carbocycles. The van der Waals surface area contributed by atoms with E-state index in [-0.39, 0.29) is 23.2 Å². The molecule has 3 rings (SSSR count). The molecule has 0 unspecified atom stereocenters. The van der Waals surface area contributed by atoms with Gasteiger partial charge in [0.15, 0.2) is 0 Å². The van der Waals surface area contributed by atoms with E-state index in [0.29, 0.717) is 24.2 Å². The summed E-state index contributed by atoms with van der Waals surface area (Å²) < 4.78 is 13.8.